The molecule has 84 valence electrons. The normalized spacial score (nSPS) is 10.6. The van der Waals surface area contributed by atoms with Crippen LogP contribution in [-0.4, -0.2) is 22.1 Å². The van der Waals surface area contributed by atoms with Crippen LogP contribution in [0.5, 0.6) is 0 Å². The van der Waals surface area contributed by atoms with Crippen molar-refractivity contribution in [3.05, 3.63) is 32.1 Å². The number of hydrogen-bond acceptors (Lipinski definition) is 5. The fourth-order valence-electron chi connectivity index (χ4n) is 1.18. The van der Waals surface area contributed by atoms with E-state index in [0.29, 0.717) is 21.0 Å². The van der Waals surface area contributed by atoms with Gasteiger partial charge >= 0.3 is 0 Å². The van der Waals surface area contributed by atoms with Crippen LogP contribution >= 0.6 is 27.3 Å². The van der Waals surface area contributed by atoms with E-state index >= 15 is 0 Å². The van der Waals surface area contributed by atoms with Crippen molar-refractivity contribution in [2.75, 3.05) is 7.11 Å². The lowest BCUT2D eigenvalue weighted by atomic mass is 10.4. The largest absolute Gasteiger partial charge is 0.378 e. The standard InChI is InChI=1S/C9H8BrN3O2S/c1-15-4-5-6(10)8(14)13-7(12-5)9-11-2-3-16-9/h2-3H,4H2,1H3,(H,12,13,14). The molecular formula is C9H8BrN3O2S. The Labute approximate surface area is 104 Å². The second-order valence-electron chi connectivity index (χ2n) is 2.95. The third-order valence-electron chi connectivity index (χ3n) is 1.85. The molecule has 0 bridgehead atoms. The third-order valence-corrected chi connectivity index (χ3v) is 3.44. The number of aromatic nitrogens is 3. The number of ether oxygens (including phenoxy) is 1. The Morgan fingerprint density at radius 1 is 1.62 bits per heavy atom. The highest BCUT2D eigenvalue weighted by molar-refractivity contribution is 9.10. The molecule has 2 heterocycles. The Morgan fingerprint density at radius 2 is 2.44 bits per heavy atom. The van der Waals surface area contributed by atoms with Crippen LogP contribution in [0.3, 0.4) is 0 Å². The lowest BCUT2D eigenvalue weighted by Gasteiger charge is -2.03. The Balaban J connectivity index is 2.53. The number of hydrogen-bond donors (Lipinski definition) is 1. The van der Waals surface area contributed by atoms with Crippen LogP contribution in [0, 0.1) is 0 Å². The maximum absolute atomic E-state index is 11.6. The van der Waals surface area contributed by atoms with E-state index in [4.69, 9.17) is 4.74 Å². The maximum Gasteiger partial charge on any atom is 0.265 e. The highest BCUT2D eigenvalue weighted by atomic mass is 79.9. The van der Waals surface area contributed by atoms with E-state index in [2.05, 4.69) is 30.9 Å². The van der Waals surface area contributed by atoms with Crippen LogP contribution in [0.1, 0.15) is 5.69 Å². The molecule has 5 nitrogen and oxygen atoms in total. The highest BCUT2D eigenvalue weighted by Crippen LogP contribution is 2.19. The monoisotopic (exact) mass is 301 g/mol. The minimum atomic E-state index is -0.229. The van der Waals surface area contributed by atoms with Gasteiger partial charge in [-0.25, -0.2) is 9.97 Å². The van der Waals surface area contributed by atoms with Crippen LogP contribution in [0.2, 0.25) is 0 Å². The summed E-state index contributed by atoms with van der Waals surface area (Å²) in [5.74, 6) is 0.468. The molecule has 0 aliphatic carbocycles. The molecule has 0 spiro atoms. The van der Waals surface area contributed by atoms with Crippen molar-refractivity contribution in [1.29, 1.82) is 0 Å². The van der Waals surface area contributed by atoms with Gasteiger partial charge in [-0.15, -0.1) is 11.3 Å². The van der Waals surface area contributed by atoms with Crippen molar-refractivity contribution in [2.24, 2.45) is 0 Å². The van der Waals surface area contributed by atoms with Crippen LogP contribution in [-0.2, 0) is 11.3 Å². The Kier molecular flexibility index (Phi) is 3.47. The van der Waals surface area contributed by atoms with Crippen molar-refractivity contribution in [3.8, 4) is 10.8 Å². The molecule has 0 aromatic carbocycles. The van der Waals surface area contributed by atoms with Gasteiger partial charge in [0.25, 0.3) is 5.56 Å². The molecule has 0 atom stereocenters. The Morgan fingerprint density at radius 3 is 3.06 bits per heavy atom. The van der Waals surface area contributed by atoms with Gasteiger partial charge in [-0.1, -0.05) is 0 Å². The zero-order valence-electron chi connectivity index (χ0n) is 8.36. The molecule has 0 amide bonds. The SMILES string of the molecule is COCc1nc(-c2nccs2)[nH]c(=O)c1Br. The molecule has 7 heteroatoms. The molecule has 0 aliphatic rings. The van der Waals surface area contributed by atoms with E-state index in [-0.39, 0.29) is 12.2 Å². The summed E-state index contributed by atoms with van der Waals surface area (Å²) in [6.45, 7) is 0.281. The molecular weight excluding hydrogens is 294 g/mol. The van der Waals surface area contributed by atoms with Gasteiger partial charge in [-0.05, 0) is 15.9 Å². The van der Waals surface area contributed by atoms with Crippen molar-refractivity contribution in [1.82, 2.24) is 15.0 Å². The van der Waals surface area contributed by atoms with E-state index in [1.165, 1.54) is 11.3 Å². The predicted molar refractivity (Wildman–Crippen MR) is 64.4 cm³/mol. The number of halogens is 1. The lowest BCUT2D eigenvalue weighted by Crippen LogP contribution is -2.14. The average molecular weight is 302 g/mol. The molecule has 0 saturated heterocycles. The summed E-state index contributed by atoms with van der Waals surface area (Å²) in [7, 11) is 1.55. The number of aromatic amines is 1. The van der Waals surface area contributed by atoms with Crippen LogP contribution < -0.4 is 5.56 Å². The average Bonchev–Trinajstić information content (AvgIpc) is 2.78. The Hall–Kier alpha value is -1.05. The highest BCUT2D eigenvalue weighted by Gasteiger charge is 2.11. The molecule has 0 aliphatic heterocycles. The fraction of sp³-hybridized carbons (Fsp3) is 0.222. The maximum atomic E-state index is 11.6. The summed E-state index contributed by atoms with van der Waals surface area (Å²) in [6.07, 6.45) is 1.66. The van der Waals surface area contributed by atoms with Gasteiger partial charge in [-0.3, -0.25) is 4.79 Å². The molecule has 2 rings (SSSR count). The summed E-state index contributed by atoms with van der Waals surface area (Å²) in [5, 5.41) is 2.51. The van der Waals surface area contributed by atoms with E-state index in [1.807, 2.05) is 5.38 Å². The predicted octanol–water partition coefficient (Wildman–Crippen LogP) is 1.80. The summed E-state index contributed by atoms with van der Waals surface area (Å²) in [5.41, 5.74) is 0.337. The summed E-state index contributed by atoms with van der Waals surface area (Å²) >= 11 is 4.59. The lowest BCUT2D eigenvalue weighted by molar-refractivity contribution is 0.180. The molecule has 0 unspecified atom stereocenters. The second kappa shape index (κ2) is 4.86. The number of nitrogens with one attached hydrogen (secondary N) is 1. The van der Waals surface area contributed by atoms with Crippen molar-refractivity contribution < 1.29 is 4.74 Å². The van der Waals surface area contributed by atoms with E-state index in [0.717, 1.165) is 0 Å². The van der Waals surface area contributed by atoms with Gasteiger partial charge < -0.3 is 9.72 Å². The zero-order chi connectivity index (χ0) is 11.5. The van der Waals surface area contributed by atoms with Gasteiger partial charge in [0.15, 0.2) is 10.8 Å². The minimum Gasteiger partial charge on any atom is -0.378 e. The molecule has 16 heavy (non-hydrogen) atoms. The van der Waals surface area contributed by atoms with E-state index in [9.17, 15) is 4.79 Å². The van der Waals surface area contributed by atoms with E-state index < -0.39 is 0 Å². The fourth-order valence-corrected chi connectivity index (χ4v) is 2.06. The minimum absolute atomic E-state index is 0.229. The van der Waals surface area contributed by atoms with Crippen LogP contribution in [0.15, 0.2) is 20.8 Å². The third kappa shape index (κ3) is 2.21. The first-order chi connectivity index (χ1) is 7.72. The second-order valence-corrected chi connectivity index (χ2v) is 4.63. The quantitative estimate of drug-likeness (QED) is 0.939. The summed E-state index contributed by atoms with van der Waals surface area (Å²) in [6, 6.07) is 0. The molecule has 0 fully saturated rings. The zero-order valence-corrected chi connectivity index (χ0v) is 10.8. The van der Waals surface area contributed by atoms with Crippen molar-refractivity contribution in [2.45, 2.75) is 6.61 Å². The van der Waals surface area contributed by atoms with E-state index in [1.54, 1.807) is 13.3 Å². The van der Waals surface area contributed by atoms with Gasteiger partial charge in [0.1, 0.15) is 4.47 Å². The molecule has 0 saturated carbocycles. The number of rotatable bonds is 3. The number of methoxy groups -OCH3 is 1. The summed E-state index contributed by atoms with van der Waals surface area (Å²) in [4.78, 5) is 22.6. The van der Waals surface area contributed by atoms with Gasteiger partial charge in [0.05, 0.1) is 12.3 Å². The number of H-pyrrole nitrogens is 1. The smallest absolute Gasteiger partial charge is 0.265 e. The van der Waals surface area contributed by atoms with Gasteiger partial charge in [0.2, 0.25) is 0 Å². The van der Waals surface area contributed by atoms with Gasteiger partial charge in [0, 0.05) is 18.7 Å². The number of nitrogens with zero attached hydrogens (tertiary/aromatic N) is 2. The first kappa shape index (κ1) is 11.4. The van der Waals surface area contributed by atoms with Crippen LogP contribution in [0.4, 0.5) is 0 Å². The summed E-state index contributed by atoms with van der Waals surface area (Å²) < 4.78 is 5.37. The topological polar surface area (TPSA) is 67.9 Å². The first-order valence-corrected chi connectivity index (χ1v) is 6.07. The Bertz CT molecular complexity index is 538. The van der Waals surface area contributed by atoms with Crippen LogP contribution in [0.25, 0.3) is 10.8 Å². The molecule has 2 aromatic rings. The van der Waals surface area contributed by atoms with Crippen molar-refractivity contribution in [3.63, 3.8) is 0 Å². The van der Waals surface area contributed by atoms with Gasteiger partial charge in [-0.2, -0.15) is 0 Å². The van der Waals surface area contributed by atoms with Crippen molar-refractivity contribution >= 4 is 27.3 Å². The molecule has 2 aromatic heterocycles. The first-order valence-electron chi connectivity index (χ1n) is 4.40. The molecule has 0 radical (unpaired) electrons. The number of thiazole rings is 1. The molecule has 1 N–H and O–H groups in total.